The van der Waals surface area contributed by atoms with Crippen molar-refractivity contribution in [2.24, 2.45) is 5.41 Å². The van der Waals surface area contributed by atoms with Crippen molar-refractivity contribution in [1.82, 2.24) is 15.1 Å². The number of rotatable bonds is 7. The van der Waals surface area contributed by atoms with Gasteiger partial charge < -0.3 is 14.8 Å². The molecule has 4 rings (SSSR count). The quantitative estimate of drug-likeness (QED) is 0.364. The van der Waals surface area contributed by atoms with Crippen LogP contribution in [0, 0.1) is 11.2 Å². The Kier molecular flexibility index (Phi) is 6.78. The van der Waals surface area contributed by atoms with Crippen molar-refractivity contribution < 1.29 is 18.7 Å². The van der Waals surface area contributed by atoms with Crippen LogP contribution in [0.5, 0.6) is 11.5 Å². The Labute approximate surface area is 204 Å². The number of carbonyl (C=O) groups is 1. The maximum absolute atomic E-state index is 13.3. The number of carbonyl (C=O) groups excluding carboxylic acids is 1. The number of fused-ring (bicyclic) bond motifs is 1. The molecule has 0 saturated heterocycles. The number of amides is 1. The lowest BCUT2D eigenvalue weighted by molar-refractivity contribution is -0.129. The summed E-state index contributed by atoms with van der Waals surface area (Å²) in [6, 6.07) is 19.2. The van der Waals surface area contributed by atoms with Crippen LogP contribution in [-0.2, 0) is 4.79 Å². The molecule has 0 aliphatic rings. The van der Waals surface area contributed by atoms with E-state index >= 15 is 0 Å². The lowest BCUT2D eigenvalue weighted by atomic mass is 9.94. The molecule has 1 aromatic heterocycles. The highest BCUT2D eigenvalue weighted by atomic mass is 19.1. The van der Waals surface area contributed by atoms with Gasteiger partial charge in [0.2, 0.25) is 5.91 Å². The summed E-state index contributed by atoms with van der Waals surface area (Å²) in [5.41, 5.74) is 1.93. The zero-order chi connectivity index (χ0) is 25.2. The van der Waals surface area contributed by atoms with Gasteiger partial charge in [0.25, 0.3) is 0 Å². The minimum atomic E-state index is -0.534. The Bertz CT molecular complexity index is 1330. The lowest BCUT2D eigenvalue weighted by Crippen LogP contribution is -2.44. The van der Waals surface area contributed by atoms with Crippen LogP contribution < -0.4 is 14.8 Å². The van der Waals surface area contributed by atoms with E-state index in [1.165, 1.54) is 12.1 Å². The summed E-state index contributed by atoms with van der Waals surface area (Å²) in [5, 5.41) is 8.43. The standard InChI is InChI=1S/C28H30FN3O3/c1-18(31-27(33)28(2,3)4)26(23-8-6-7-9-25(23)34-5)35-22-14-15-24-19(16-22)17-30-32(24)21-12-10-20(29)11-13-21/h6-18,26H,1-5H3,(H,31,33). The number of hydrogen-bond acceptors (Lipinski definition) is 4. The first-order valence-corrected chi connectivity index (χ1v) is 11.5. The van der Waals surface area contributed by atoms with Gasteiger partial charge in [-0.25, -0.2) is 9.07 Å². The third-order valence-corrected chi connectivity index (χ3v) is 5.81. The summed E-state index contributed by atoms with van der Waals surface area (Å²) in [6.45, 7) is 7.55. The Morgan fingerprint density at radius 2 is 1.77 bits per heavy atom. The number of ether oxygens (including phenoxy) is 2. The molecule has 0 spiro atoms. The lowest BCUT2D eigenvalue weighted by Gasteiger charge is -2.30. The fraction of sp³-hybridized carbons (Fsp3) is 0.286. The van der Waals surface area contributed by atoms with Gasteiger partial charge >= 0.3 is 0 Å². The number of benzene rings is 3. The highest BCUT2D eigenvalue weighted by molar-refractivity contribution is 5.82. The van der Waals surface area contributed by atoms with E-state index in [9.17, 15) is 9.18 Å². The van der Waals surface area contributed by atoms with Crippen LogP contribution in [-0.4, -0.2) is 28.8 Å². The highest BCUT2D eigenvalue weighted by Crippen LogP contribution is 2.33. The fourth-order valence-corrected chi connectivity index (χ4v) is 3.85. The molecule has 0 saturated carbocycles. The van der Waals surface area contributed by atoms with E-state index in [4.69, 9.17) is 9.47 Å². The molecule has 0 aliphatic heterocycles. The number of aromatic nitrogens is 2. The maximum atomic E-state index is 13.3. The van der Waals surface area contributed by atoms with Gasteiger partial charge in [0.15, 0.2) is 0 Å². The third kappa shape index (κ3) is 5.29. The molecule has 1 heterocycles. The first-order valence-electron chi connectivity index (χ1n) is 11.5. The molecule has 4 aromatic rings. The summed E-state index contributed by atoms with van der Waals surface area (Å²) in [7, 11) is 1.62. The van der Waals surface area contributed by atoms with E-state index in [-0.39, 0.29) is 17.8 Å². The van der Waals surface area contributed by atoms with Crippen LogP contribution in [0.25, 0.3) is 16.6 Å². The van der Waals surface area contributed by atoms with E-state index in [1.54, 1.807) is 30.1 Å². The van der Waals surface area contributed by atoms with Crippen molar-refractivity contribution in [2.75, 3.05) is 7.11 Å². The molecule has 0 fully saturated rings. The van der Waals surface area contributed by atoms with Crippen LogP contribution in [0.4, 0.5) is 4.39 Å². The summed E-state index contributed by atoms with van der Waals surface area (Å²) in [6.07, 6.45) is 1.25. The van der Waals surface area contributed by atoms with Gasteiger partial charge in [-0.3, -0.25) is 4.79 Å². The molecule has 0 radical (unpaired) electrons. The molecule has 2 atom stereocenters. The largest absolute Gasteiger partial charge is 0.496 e. The zero-order valence-corrected chi connectivity index (χ0v) is 20.6. The van der Waals surface area contributed by atoms with Crippen LogP contribution in [0.3, 0.4) is 0 Å². The second kappa shape index (κ2) is 9.78. The molecule has 0 bridgehead atoms. The van der Waals surface area contributed by atoms with E-state index in [0.29, 0.717) is 11.5 Å². The van der Waals surface area contributed by atoms with Crippen molar-refractivity contribution >= 4 is 16.8 Å². The zero-order valence-electron chi connectivity index (χ0n) is 20.6. The smallest absolute Gasteiger partial charge is 0.225 e. The van der Waals surface area contributed by atoms with E-state index in [0.717, 1.165) is 22.2 Å². The molecule has 1 N–H and O–H groups in total. The normalized spacial score (nSPS) is 13.3. The maximum Gasteiger partial charge on any atom is 0.225 e. The monoisotopic (exact) mass is 475 g/mol. The molecule has 1 amide bonds. The summed E-state index contributed by atoms with van der Waals surface area (Å²) in [5.74, 6) is 0.948. The molecular weight excluding hydrogens is 445 g/mol. The Morgan fingerprint density at radius 3 is 2.46 bits per heavy atom. The van der Waals surface area contributed by atoms with Crippen LogP contribution in [0.2, 0.25) is 0 Å². The number of hydrogen-bond donors (Lipinski definition) is 1. The van der Waals surface area contributed by atoms with Crippen molar-refractivity contribution in [3.63, 3.8) is 0 Å². The van der Waals surface area contributed by atoms with Gasteiger partial charge in [0, 0.05) is 16.4 Å². The molecule has 0 aliphatic carbocycles. The first kappa shape index (κ1) is 24.3. The molecule has 2 unspecified atom stereocenters. The highest BCUT2D eigenvalue weighted by Gasteiger charge is 2.30. The van der Waals surface area contributed by atoms with Gasteiger partial charge in [-0.2, -0.15) is 5.10 Å². The molecule has 182 valence electrons. The van der Waals surface area contributed by atoms with Gasteiger partial charge in [0.1, 0.15) is 23.4 Å². The van der Waals surface area contributed by atoms with E-state index < -0.39 is 11.5 Å². The van der Waals surface area contributed by atoms with Gasteiger partial charge in [-0.15, -0.1) is 0 Å². The van der Waals surface area contributed by atoms with Crippen molar-refractivity contribution in [3.05, 3.63) is 84.3 Å². The first-order chi connectivity index (χ1) is 16.7. The number of para-hydroxylation sites is 1. The molecular formula is C28H30FN3O3. The summed E-state index contributed by atoms with van der Waals surface area (Å²) >= 11 is 0. The van der Waals surface area contributed by atoms with Crippen molar-refractivity contribution in [2.45, 2.75) is 39.8 Å². The predicted molar refractivity (Wildman–Crippen MR) is 134 cm³/mol. The van der Waals surface area contributed by atoms with Crippen LogP contribution >= 0.6 is 0 Å². The third-order valence-electron chi connectivity index (χ3n) is 5.81. The van der Waals surface area contributed by atoms with Gasteiger partial charge in [0.05, 0.1) is 30.6 Å². The predicted octanol–water partition coefficient (Wildman–Crippen LogP) is 5.84. The van der Waals surface area contributed by atoms with E-state index in [1.807, 2.05) is 70.2 Å². The second-order valence-electron chi connectivity index (χ2n) is 9.55. The molecule has 35 heavy (non-hydrogen) atoms. The van der Waals surface area contributed by atoms with Crippen molar-refractivity contribution in [1.29, 1.82) is 0 Å². The van der Waals surface area contributed by atoms with Crippen LogP contribution in [0.15, 0.2) is 72.9 Å². The summed E-state index contributed by atoms with van der Waals surface area (Å²) in [4.78, 5) is 12.7. The second-order valence-corrected chi connectivity index (χ2v) is 9.55. The average Bonchev–Trinajstić information content (AvgIpc) is 3.25. The number of nitrogens with one attached hydrogen (secondary N) is 1. The topological polar surface area (TPSA) is 65.4 Å². The Hall–Kier alpha value is -3.87. The average molecular weight is 476 g/mol. The van der Waals surface area contributed by atoms with Crippen molar-refractivity contribution in [3.8, 4) is 17.2 Å². The van der Waals surface area contributed by atoms with Gasteiger partial charge in [-0.1, -0.05) is 39.0 Å². The molecule has 7 heteroatoms. The minimum absolute atomic E-state index is 0.0653. The number of halogens is 1. The number of nitrogens with zero attached hydrogens (tertiary/aromatic N) is 2. The Balaban J connectivity index is 1.67. The van der Waals surface area contributed by atoms with Crippen LogP contribution in [0.1, 0.15) is 39.4 Å². The minimum Gasteiger partial charge on any atom is -0.496 e. The molecule has 3 aromatic carbocycles. The summed E-state index contributed by atoms with van der Waals surface area (Å²) < 4.78 is 27.2. The van der Waals surface area contributed by atoms with Gasteiger partial charge in [-0.05, 0) is 55.5 Å². The number of methoxy groups -OCH3 is 1. The van der Waals surface area contributed by atoms with E-state index in [2.05, 4.69) is 10.4 Å². The SMILES string of the molecule is COc1ccccc1C(Oc1ccc2c(cnn2-c2ccc(F)cc2)c1)C(C)NC(=O)C(C)(C)C. The molecule has 6 nitrogen and oxygen atoms in total. The Morgan fingerprint density at radius 1 is 1.06 bits per heavy atom. The fourth-order valence-electron chi connectivity index (χ4n) is 3.85.